The van der Waals surface area contributed by atoms with Gasteiger partial charge in [0.15, 0.2) is 11.8 Å². The van der Waals surface area contributed by atoms with E-state index in [2.05, 4.69) is 62.5 Å². The molecule has 4 rings (SSSR count). The topological polar surface area (TPSA) is 69.8 Å². The van der Waals surface area contributed by atoms with Crippen molar-refractivity contribution < 1.29 is 4.52 Å². The highest BCUT2D eigenvalue weighted by atomic mass is 127. The smallest absolute Gasteiger partial charge is 0.248 e. The molecule has 1 aromatic heterocycles. The van der Waals surface area contributed by atoms with Gasteiger partial charge >= 0.3 is 0 Å². The molecule has 0 aliphatic carbocycles. The molecule has 164 valence electrons. The van der Waals surface area contributed by atoms with Gasteiger partial charge in [0, 0.05) is 32.2 Å². The van der Waals surface area contributed by atoms with Gasteiger partial charge in [0.1, 0.15) is 6.54 Å². The second-order valence-corrected chi connectivity index (χ2v) is 8.07. The lowest BCUT2D eigenvalue weighted by Gasteiger charge is -2.48. The van der Waals surface area contributed by atoms with Gasteiger partial charge in [-0.2, -0.15) is 4.98 Å². The number of hydrogen-bond acceptors (Lipinski definition) is 5. The van der Waals surface area contributed by atoms with Crippen LogP contribution in [0.4, 0.5) is 0 Å². The van der Waals surface area contributed by atoms with Crippen LogP contribution in [0.15, 0.2) is 39.8 Å². The molecule has 2 unspecified atom stereocenters. The first kappa shape index (κ1) is 23.0. The number of aryl methyl sites for hydroxylation is 1. The van der Waals surface area contributed by atoms with Crippen molar-refractivity contribution in [2.75, 3.05) is 26.2 Å². The van der Waals surface area contributed by atoms with Crippen molar-refractivity contribution in [2.45, 2.75) is 52.2 Å². The Morgan fingerprint density at radius 2 is 2.07 bits per heavy atom. The molecule has 3 heterocycles. The summed E-state index contributed by atoms with van der Waals surface area (Å²) >= 11 is 0. The van der Waals surface area contributed by atoms with Crippen molar-refractivity contribution in [1.82, 2.24) is 25.3 Å². The minimum atomic E-state index is 0. The first-order chi connectivity index (χ1) is 14.2. The van der Waals surface area contributed by atoms with Crippen LogP contribution in [0.25, 0.3) is 0 Å². The maximum absolute atomic E-state index is 5.22. The summed E-state index contributed by atoms with van der Waals surface area (Å²) in [5, 5.41) is 7.30. The highest BCUT2D eigenvalue weighted by Crippen LogP contribution is 2.31. The maximum atomic E-state index is 5.22. The lowest BCUT2D eigenvalue weighted by atomic mass is 9.83. The molecule has 0 bridgehead atoms. The molecule has 7 nitrogen and oxygen atoms in total. The van der Waals surface area contributed by atoms with Gasteiger partial charge in [0.2, 0.25) is 5.89 Å². The van der Waals surface area contributed by atoms with E-state index in [4.69, 9.17) is 9.52 Å². The minimum Gasteiger partial charge on any atom is -0.357 e. The quantitative estimate of drug-likeness (QED) is 0.367. The molecule has 1 aromatic carbocycles. The molecule has 1 N–H and O–H groups in total. The molecular formula is C22H33IN6O. The lowest BCUT2D eigenvalue weighted by molar-refractivity contribution is 0.0372. The van der Waals surface area contributed by atoms with Crippen LogP contribution in [0.1, 0.15) is 43.5 Å². The number of benzene rings is 1. The molecule has 0 radical (unpaired) electrons. The number of nitrogens with zero attached hydrogens (tertiary/aromatic N) is 5. The Morgan fingerprint density at radius 3 is 2.80 bits per heavy atom. The molecule has 2 aliphatic rings. The zero-order valence-electron chi connectivity index (χ0n) is 18.0. The number of fused-ring (bicyclic) bond motifs is 1. The Bertz CT molecular complexity index is 811. The normalized spacial score (nSPS) is 22.3. The highest BCUT2D eigenvalue weighted by Gasteiger charge is 2.36. The van der Waals surface area contributed by atoms with E-state index in [1.54, 1.807) is 0 Å². The predicted molar refractivity (Wildman–Crippen MR) is 129 cm³/mol. The lowest BCUT2D eigenvalue weighted by Crippen LogP contribution is -2.56. The van der Waals surface area contributed by atoms with E-state index >= 15 is 0 Å². The van der Waals surface area contributed by atoms with Crippen LogP contribution in [0.3, 0.4) is 0 Å². The molecule has 2 atom stereocenters. The monoisotopic (exact) mass is 524 g/mol. The number of aromatic nitrogens is 2. The van der Waals surface area contributed by atoms with Gasteiger partial charge < -0.3 is 14.7 Å². The number of piperidine rings is 2. The maximum Gasteiger partial charge on any atom is 0.248 e. The minimum absolute atomic E-state index is 0. The van der Waals surface area contributed by atoms with E-state index in [-0.39, 0.29) is 24.0 Å². The van der Waals surface area contributed by atoms with Crippen LogP contribution in [0.5, 0.6) is 0 Å². The summed E-state index contributed by atoms with van der Waals surface area (Å²) in [4.78, 5) is 14.1. The zero-order valence-corrected chi connectivity index (χ0v) is 20.3. The molecule has 0 spiro atoms. The molecular weight excluding hydrogens is 491 g/mol. The van der Waals surface area contributed by atoms with Crippen LogP contribution in [0, 0.1) is 12.8 Å². The average Bonchev–Trinajstić information content (AvgIpc) is 3.17. The Morgan fingerprint density at radius 1 is 1.23 bits per heavy atom. The number of nitrogens with one attached hydrogen (secondary N) is 1. The van der Waals surface area contributed by atoms with Crippen LogP contribution in [-0.4, -0.2) is 58.1 Å². The number of rotatable bonds is 5. The predicted octanol–water partition coefficient (Wildman–Crippen LogP) is 3.45. The molecule has 0 amide bonds. The molecule has 8 heteroatoms. The summed E-state index contributed by atoms with van der Waals surface area (Å²) < 4.78 is 5.22. The van der Waals surface area contributed by atoms with Crippen molar-refractivity contribution in [3.05, 3.63) is 47.6 Å². The summed E-state index contributed by atoms with van der Waals surface area (Å²) in [5.41, 5.74) is 1.42. The number of hydrogen-bond donors (Lipinski definition) is 1. The summed E-state index contributed by atoms with van der Waals surface area (Å²) in [6, 6.07) is 11.5. The van der Waals surface area contributed by atoms with E-state index in [1.807, 2.05) is 6.92 Å². The number of guanidine groups is 1. The van der Waals surface area contributed by atoms with Crippen LogP contribution < -0.4 is 5.32 Å². The largest absolute Gasteiger partial charge is 0.357 e. The van der Waals surface area contributed by atoms with Crippen molar-refractivity contribution in [1.29, 1.82) is 0 Å². The van der Waals surface area contributed by atoms with Gasteiger partial charge in [0.25, 0.3) is 0 Å². The van der Waals surface area contributed by atoms with E-state index < -0.39 is 0 Å². The zero-order chi connectivity index (χ0) is 20.1. The SMILES string of the molecule is CCNC(=NCc1nc(C)no1)N1CCC2C(CCCN2Cc2ccccc2)C1.I. The molecule has 0 saturated carbocycles. The molecule has 2 aromatic rings. The second-order valence-electron chi connectivity index (χ2n) is 8.07. The van der Waals surface area contributed by atoms with Gasteiger partial charge in [-0.15, -0.1) is 24.0 Å². The van der Waals surface area contributed by atoms with Crippen molar-refractivity contribution in [3.63, 3.8) is 0 Å². The van der Waals surface area contributed by atoms with Crippen LogP contribution >= 0.6 is 24.0 Å². The first-order valence-corrected chi connectivity index (χ1v) is 10.8. The van der Waals surface area contributed by atoms with E-state index in [0.717, 1.165) is 32.1 Å². The first-order valence-electron chi connectivity index (χ1n) is 10.8. The van der Waals surface area contributed by atoms with Crippen LogP contribution in [0.2, 0.25) is 0 Å². The van der Waals surface area contributed by atoms with Crippen molar-refractivity contribution in [2.24, 2.45) is 10.9 Å². The van der Waals surface area contributed by atoms with E-state index in [0.29, 0.717) is 30.2 Å². The second kappa shape index (κ2) is 11.1. The molecule has 2 fully saturated rings. The number of aliphatic imine (C=N–C) groups is 1. The highest BCUT2D eigenvalue weighted by molar-refractivity contribution is 14.0. The fourth-order valence-corrected chi connectivity index (χ4v) is 4.69. The van der Waals surface area contributed by atoms with Gasteiger partial charge in [-0.1, -0.05) is 35.5 Å². The van der Waals surface area contributed by atoms with E-state index in [1.165, 1.54) is 31.4 Å². The molecule has 2 aliphatic heterocycles. The molecule has 2 saturated heterocycles. The third kappa shape index (κ3) is 5.72. The molecule has 30 heavy (non-hydrogen) atoms. The average molecular weight is 524 g/mol. The Hall–Kier alpha value is -1.68. The summed E-state index contributed by atoms with van der Waals surface area (Å²) in [6.07, 6.45) is 3.76. The Balaban J connectivity index is 0.00000256. The van der Waals surface area contributed by atoms with Gasteiger partial charge in [-0.3, -0.25) is 4.90 Å². The summed E-state index contributed by atoms with van der Waals surface area (Å²) in [6.45, 7) is 9.58. The van der Waals surface area contributed by atoms with Gasteiger partial charge in [-0.25, -0.2) is 4.99 Å². The van der Waals surface area contributed by atoms with Crippen LogP contribution in [-0.2, 0) is 13.1 Å². The Labute approximate surface area is 196 Å². The van der Waals surface area contributed by atoms with Crippen molar-refractivity contribution in [3.8, 4) is 0 Å². The Kier molecular flexibility index (Phi) is 8.50. The van der Waals surface area contributed by atoms with Gasteiger partial charge in [0.05, 0.1) is 0 Å². The number of likely N-dealkylation sites (tertiary alicyclic amines) is 2. The number of halogens is 1. The fraction of sp³-hybridized carbons (Fsp3) is 0.591. The third-order valence-corrected chi connectivity index (χ3v) is 5.98. The summed E-state index contributed by atoms with van der Waals surface area (Å²) in [7, 11) is 0. The third-order valence-electron chi connectivity index (χ3n) is 5.98. The standard InChI is InChI=1S/C22H32N6O.HI/c1-3-23-22(24-14-21-25-17(2)26-29-21)28-13-11-20-19(16-28)10-7-12-27(20)15-18-8-5-4-6-9-18;/h4-6,8-9,19-20H,3,7,10-16H2,1-2H3,(H,23,24);1H. The van der Waals surface area contributed by atoms with Crippen molar-refractivity contribution >= 4 is 29.9 Å². The van der Waals surface area contributed by atoms with E-state index in [9.17, 15) is 0 Å². The van der Waals surface area contributed by atoms with Gasteiger partial charge in [-0.05, 0) is 51.1 Å². The fourth-order valence-electron chi connectivity index (χ4n) is 4.69. The summed E-state index contributed by atoms with van der Waals surface area (Å²) in [5.74, 6) is 2.87.